The summed E-state index contributed by atoms with van der Waals surface area (Å²) in [4.78, 5) is 0. The van der Waals surface area contributed by atoms with E-state index in [9.17, 15) is 0 Å². The van der Waals surface area contributed by atoms with Crippen molar-refractivity contribution in [3.63, 3.8) is 0 Å². The number of hydrogen-bond donors (Lipinski definition) is 1. The van der Waals surface area contributed by atoms with E-state index >= 15 is 0 Å². The van der Waals surface area contributed by atoms with Gasteiger partial charge in [0.1, 0.15) is 5.75 Å². The van der Waals surface area contributed by atoms with Gasteiger partial charge in [0.15, 0.2) is 0 Å². The van der Waals surface area contributed by atoms with Crippen LogP contribution in [-0.2, 0) is 12.0 Å². The lowest BCUT2D eigenvalue weighted by atomic mass is 9.85. The topological polar surface area (TPSA) is 35.2 Å². The van der Waals surface area contributed by atoms with E-state index in [1.165, 1.54) is 5.56 Å². The number of rotatable bonds is 4. The lowest BCUT2D eigenvalue weighted by molar-refractivity contribution is 0.308. The van der Waals surface area contributed by atoms with Crippen LogP contribution in [0, 0.1) is 0 Å². The van der Waals surface area contributed by atoms with Gasteiger partial charge >= 0.3 is 0 Å². The summed E-state index contributed by atoms with van der Waals surface area (Å²) in [6.45, 7) is 10.1. The number of hydrogen-bond acceptors (Lipinski definition) is 2. The highest BCUT2D eigenvalue weighted by molar-refractivity contribution is 5.41. The van der Waals surface area contributed by atoms with Crippen LogP contribution >= 0.6 is 0 Å². The van der Waals surface area contributed by atoms with E-state index < -0.39 is 0 Å². The van der Waals surface area contributed by atoms with Crippen LogP contribution in [0.2, 0.25) is 0 Å². The van der Waals surface area contributed by atoms with Crippen molar-refractivity contribution < 1.29 is 4.74 Å². The smallest absolute Gasteiger partial charge is 0.123 e. The molecule has 0 aliphatic heterocycles. The molecule has 0 saturated heterocycles. The lowest BCUT2D eigenvalue weighted by Gasteiger charge is -2.23. The third-order valence-electron chi connectivity index (χ3n) is 2.55. The largest absolute Gasteiger partial charge is 0.493 e. The Morgan fingerprint density at radius 3 is 2.44 bits per heavy atom. The zero-order chi connectivity index (χ0) is 12.2. The molecule has 2 N–H and O–H groups in total. The molecule has 1 rings (SSSR count). The molecule has 2 heteroatoms. The lowest BCUT2D eigenvalue weighted by Crippen LogP contribution is -2.14. The highest BCUT2D eigenvalue weighted by Crippen LogP contribution is 2.32. The summed E-state index contributed by atoms with van der Waals surface area (Å²) in [5.74, 6) is 0.992. The van der Waals surface area contributed by atoms with Gasteiger partial charge in [-0.3, -0.25) is 0 Å². The predicted octanol–water partition coefficient (Wildman–Crippen LogP) is 3.23. The average molecular weight is 221 g/mol. The van der Waals surface area contributed by atoms with Crippen molar-refractivity contribution >= 4 is 0 Å². The van der Waals surface area contributed by atoms with E-state index in [0.717, 1.165) is 24.3 Å². The quantitative estimate of drug-likeness (QED) is 0.847. The molecule has 90 valence electrons. The maximum Gasteiger partial charge on any atom is 0.123 e. The van der Waals surface area contributed by atoms with Gasteiger partial charge < -0.3 is 10.5 Å². The minimum absolute atomic E-state index is 0.0915. The van der Waals surface area contributed by atoms with Crippen LogP contribution < -0.4 is 10.5 Å². The van der Waals surface area contributed by atoms with Crippen molar-refractivity contribution in [3.05, 3.63) is 29.3 Å². The summed E-state index contributed by atoms with van der Waals surface area (Å²) in [5, 5.41) is 0. The predicted molar refractivity (Wildman–Crippen MR) is 68.8 cm³/mol. The number of ether oxygens (including phenoxy) is 1. The summed E-state index contributed by atoms with van der Waals surface area (Å²) in [6, 6.07) is 6.24. The Morgan fingerprint density at radius 1 is 1.25 bits per heavy atom. The Balaban J connectivity index is 3.06. The average Bonchev–Trinajstić information content (AvgIpc) is 2.25. The minimum atomic E-state index is 0.0915. The second-order valence-electron chi connectivity index (χ2n) is 5.13. The molecule has 1 aromatic rings. The summed E-state index contributed by atoms with van der Waals surface area (Å²) in [7, 11) is 0. The van der Waals surface area contributed by atoms with Crippen LogP contribution in [0.4, 0.5) is 0 Å². The van der Waals surface area contributed by atoms with Gasteiger partial charge in [0.05, 0.1) is 6.61 Å². The zero-order valence-electron chi connectivity index (χ0n) is 10.8. The summed E-state index contributed by atoms with van der Waals surface area (Å²) >= 11 is 0. The molecule has 0 atom stereocenters. The Bertz CT molecular complexity index is 339. The fourth-order valence-electron chi connectivity index (χ4n) is 1.63. The molecular weight excluding hydrogens is 198 g/mol. The van der Waals surface area contributed by atoms with Gasteiger partial charge in [-0.05, 0) is 29.0 Å². The monoisotopic (exact) mass is 221 g/mol. The zero-order valence-corrected chi connectivity index (χ0v) is 10.8. The first-order valence-corrected chi connectivity index (χ1v) is 5.95. The summed E-state index contributed by atoms with van der Waals surface area (Å²) < 4.78 is 5.77. The molecule has 0 aromatic heterocycles. The molecule has 0 fully saturated rings. The van der Waals surface area contributed by atoms with Gasteiger partial charge in [0, 0.05) is 6.54 Å². The Kier molecular flexibility index (Phi) is 4.36. The molecular formula is C14H23NO. The van der Waals surface area contributed by atoms with Gasteiger partial charge in [-0.25, -0.2) is 0 Å². The summed E-state index contributed by atoms with van der Waals surface area (Å²) in [5.41, 5.74) is 8.16. The summed E-state index contributed by atoms with van der Waals surface area (Å²) in [6.07, 6.45) is 1.03. The minimum Gasteiger partial charge on any atom is -0.493 e. The fourth-order valence-corrected chi connectivity index (χ4v) is 1.63. The molecule has 1 aromatic carbocycles. The van der Waals surface area contributed by atoms with E-state index in [4.69, 9.17) is 10.5 Å². The fraction of sp³-hybridized carbons (Fsp3) is 0.571. The molecule has 2 nitrogen and oxygen atoms in total. The van der Waals surface area contributed by atoms with Gasteiger partial charge in [-0.1, -0.05) is 39.8 Å². The first-order valence-electron chi connectivity index (χ1n) is 5.95. The van der Waals surface area contributed by atoms with Crippen LogP contribution in [0.3, 0.4) is 0 Å². The van der Waals surface area contributed by atoms with E-state index in [1.54, 1.807) is 0 Å². The number of nitrogens with two attached hydrogens (primary N) is 1. The highest BCUT2D eigenvalue weighted by Gasteiger charge is 2.19. The molecule has 0 bridgehead atoms. The second kappa shape index (κ2) is 5.35. The van der Waals surface area contributed by atoms with Crippen molar-refractivity contribution in [3.8, 4) is 5.75 Å². The highest BCUT2D eigenvalue weighted by atomic mass is 16.5. The first kappa shape index (κ1) is 13.0. The van der Waals surface area contributed by atoms with Crippen LogP contribution in [0.5, 0.6) is 5.75 Å². The second-order valence-corrected chi connectivity index (χ2v) is 5.13. The van der Waals surface area contributed by atoms with Crippen molar-refractivity contribution in [2.45, 2.75) is 46.1 Å². The van der Waals surface area contributed by atoms with Crippen molar-refractivity contribution in [1.29, 1.82) is 0 Å². The third-order valence-corrected chi connectivity index (χ3v) is 2.55. The van der Waals surface area contributed by atoms with Gasteiger partial charge in [0.2, 0.25) is 0 Å². The molecule has 0 aliphatic carbocycles. The van der Waals surface area contributed by atoms with E-state index in [-0.39, 0.29) is 5.41 Å². The molecule has 0 spiro atoms. The Hall–Kier alpha value is -1.02. The normalized spacial score (nSPS) is 11.6. The van der Waals surface area contributed by atoms with Gasteiger partial charge in [-0.15, -0.1) is 0 Å². The molecule has 0 aliphatic rings. The van der Waals surface area contributed by atoms with Crippen molar-refractivity contribution in [2.75, 3.05) is 6.61 Å². The third kappa shape index (κ3) is 3.24. The van der Waals surface area contributed by atoms with E-state index in [2.05, 4.69) is 33.8 Å². The van der Waals surface area contributed by atoms with Gasteiger partial charge in [-0.2, -0.15) is 0 Å². The SMILES string of the molecule is CCCOc1ccc(CN)cc1C(C)(C)C. The van der Waals surface area contributed by atoms with Crippen LogP contribution in [0.15, 0.2) is 18.2 Å². The maximum absolute atomic E-state index is 5.77. The van der Waals surface area contributed by atoms with E-state index in [1.807, 2.05) is 12.1 Å². The molecule has 0 unspecified atom stereocenters. The first-order chi connectivity index (χ1) is 7.49. The maximum atomic E-state index is 5.77. The Morgan fingerprint density at radius 2 is 1.94 bits per heavy atom. The van der Waals surface area contributed by atoms with Crippen LogP contribution in [0.1, 0.15) is 45.2 Å². The number of benzene rings is 1. The molecule has 0 saturated carbocycles. The molecule has 0 radical (unpaired) electrons. The van der Waals surface area contributed by atoms with E-state index in [0.29, 0.717) is 6.54 Å². The van der Waals surface area contributed by atoms with Crippen molar-refractivity contribution in [2.24, 2.45) is 5.73 Å². The molecule has 0 amide bonds. The van der Waals surface area contributed by atoms with Crippen LogP contribution in [-0.4, -0.2) is 6.61 Å². The molecule has 16 heavy (non-hydrogen) atoms. The standard InChI is InChI=1S/C14H23NO/c1-5-8-16-13-7-6-11(10-15)9-12(13)14(2,3)4/h6-7,9H,5,8,10,15H2,1-4H3. The molecule has 0 heterocycles. The van der Waals surface area contributed by atoms with Crippen LogP contribution in [0.25, 0.3) is 0 Å². The van der Waals surface area contributed by atoms with Gasteiger partial charge in [0.25, 0.3) is 0 Å². The Labute approximate surface area is 98.8 Å². The van der Waals surface area contributed by atoms with Crippen molar-refractivity contribution in [1.82, 2.24) is 0 Å².